The Morgan fingerprint density at radius 1 is 1.86 bits per heavy atom. The molecule has 0 aliphatic rings. The third-order valence-corrected chi connectivity index (χ3v) is 1.83. The predicted molar refractivity (Wildman–Crippen MR) is 53.1 cm³/mol. The lowest BCUT2D eigenvalue weighted by Gasteiger charge is -2.15. The van der Waals surface area contributed by atoms with Crippen LogP contribution in [0.1, 0.15) is 29.9 Å². The van der Waals surface area contributed by atoms with Gasteiger partial charge in [-0.25, -0.2) is 4.79 Å². The number of esters is 1. The maximum atomic E-state index is 11.3. The van der Waals surface area contributed by atoms with Gasteiger partial charge in [-0.3, -0.25) is 5.10 Å². The second-order valence-corrected chi connectivity index (χ2v) is 3.77. The molecule has 1 heterocycles. The van der Waals surface area contributed by atoms with Crippen molar-refractivity contribution in [3.8, 4) is 0 Å². The van der Waals surface area contributed by atoms with Crippen molar-refractivity contribution < 1.29 is 14.6 Å². The van der Waals surface area contributed by atoms with E-state index in [1.54, 1.807) is 6.92 Å². The number of hydrogen-bond donors (Lipinski definition) is 3. The molecule has 1 aromatic heterocycles. The average molecular weight is 216 g/mol. The van der Waals surface area contributed by atoms with Crippen LogP contribution in [0.2, 0.25) is 0 Å². The fourth-order valence-electron chi connectivity index (χ4n) is 1.01. The number of carbonyl (C=O) groups is 1. The van der Waals surface area contributed by atoms with Crippen LogP contribution in [0, 0.1) is 0 Å². The summed E-state index contributed by atoms with van der Waals surface area (Å²) in [6.45, 7) is 3.42. The number of aliphatic hydroxyl groups is 1. The van der Waals surface area contributed by atoms with Gasteiger partial charge < -0.3 is 9.84 Å². The van der Waals surface area contributed by atoms with Crippen molar-refractivity contribution in [3.63, 3.8) is 0 Å². The van der Waals surface area contributed by atoms with Gasteiger partial charge >= 0.3 is 5.97 Å². The monoisotopic (exact) mass is 216 g/mol. The second-order valence-electron chi connectivity index (χ2n) is 2.90. The van der Waals surface area contributed by atoms with Crippen LogP contribution in [0.5, 0.6) is 0 Å². The number of aromatic nitrogens is 2. The smallest absolute Gasteiger partial charge is 0.341 e. The largest absolute Gasteiger partial charge is 0.462 e. The fraction of sp³-hybridized carbons (Fsp3) is 0.500. The van der Waals surface area contributed by atoms with Crippen LogP contribution in [0.4, 0.5) is 0 Å². The van der Waals surface area contributed by atoms with Gasteiger partial charge in [0.05, 0.1) is 18.5 Å². The fourth-order valence-corrected chi connectivity index (χ4v) is 1.18. The lowest BCUT2D eigenvalue weighted by atomic mass is 10.2. The first-order valence-electron chi connectivity index (χ1n) is 4.12. The molecule has 78 valence electrons. The molecule has 0 fully saturated rings. The maximum absolute atomic E-state index is 11.3. The Morgan fingerprint density at radius 3 is 3.00 bits per heavy atom. The molecule has 14 heavy (non-hydrogen) atoms. The van der Waals surface area contributed by atoms with Crippen molar-refractivity contribution in [2.24, 2.45) is 0 Å². The summed E-state index contributed by atoms with van der Waals surface area (Å²) >= 11 is 3.92. The van der Waals surface area contributed by atoms with E-state index < -0.39 is 10.9 Å². The predicted octanol–water partition coefficient (Wildman–Crippen LogP) is 0.681. The molecule has 0 saturated carbocycles. The summed E-state index contributed by atoms with van der Waals surface area (Å²) in [5.74, 6) is -0.523. The molecule has 2 N–H and O–H groups in total. The lowest BCUT2D eigenvalue weighted by Crippen LogP contribution is -2.18. The molecule has 0 aliphatic heterocycles. The summed E-state index contributed by atoms with van der Waals surface area (Å²) in [6.07, 6.45) is 1.30. The first-order valence-corrected chi connectivity index (χ1v) is 4.57. The Bertz CT molecular complexity index is 330. The third-order valence-electron chi connectivity index (χ3n) is 1.61. The van der Waals surface area contributed by atoms with Crippen molar-refractivity contribution in [1.29, 1.82) is 0 Å². The topological polar surface area (TPSA) is 75.2 Å². The molecule has 0 aliphatic carbocycles. The zero-order chi connectivity index (χ0) is 10.8. The molecule has 0 saturated heterocycles. The zero-order valence-corrected chi connectivity index (χ0v) is 8.84. The standard InChI is InChI=1S/C8H12N2O3S/c1-3-13-7(11)5-4-9-10-6(5)8(2,12)14/h4,12,14H,3H2,1-2H3,(H,9,10). The number of hydrogen-bond acceptors (Lipinski definition) is 5. The van der Waals surface area contributed by atoms with Crippen molar-refractivity contribution >= 4 is 18.6 Å². The quantitative estimate of drug-likeness (QED) is 0.394. The van der Waals surface area contributed by atoms with Crippen LogP contribution in [0.15, 0.2) is 6.20 Å². The Hall–Kier alpha value is -1.01. The average Bonchev–Trinajstić information content (AvgIpc) is 2.50. The van der Waals surface area contributed by atoms with Gasteiger partial charge in [0.25, 0.3) is 0 Å². The molecular formula is C8H12N2O3S. The molecule has 0 radical (unpaired) electrons. The van der Waals surface area contributed by atoms with Gasteiger partial charge in [0, 0.05) is 0 Å². The molecule has 0 spiro atoms. The number of thiol groups is 1. The van der Waals surface area contributed by atoms with Gasteiger partial charge in [0.1, 0.15) is 10.5 Å². The minimum atomic E-state index is -1.43. The summed E-state index contributed by atoms with van der Waals surface area (Å²) in [5.41, 5.74) is 0.436. The summed E-state index contributed by atoms with van der Waals surface area (Å²) in [6, 6.07) is 0. The number of rotatable bonds is 3. The van der Waals surface area contributed by atoms with Gasteiger partial charge in [-0.2, -0.15) is 5.10 Å². The molecule has 0 bridgehead atoms. The summed E-state index contributed by atoms with van der Waals surface area (Å²) < 4.78 is 4.78. The van der Waals surface area contributed by atoms with Crippen LogP contribution in [0.3, 0.4) is 0 Å². The number of nitrogens with one attached hydrogen (secondary N) is 1. The van der Waals surface area contributed by atoms with Crippen molar-refractivity contribution in [2.45, 2.75) is 18.8 Å². The van der Waals surface area contributed by atoms with E-state index in [0.717, 1.165) is 0 Å². The molecule has 1 atom stereocenters. The molecule has 0 amide bonds. The van der Waals surface area contributed by atoms with E-state index in [0.29, 0.717) is 0 Å². The molecule has 1 unspecified atom stereocenters. The Kier molecular flexibility index (Phi) is 3.17. The maximum Gasteiger partial charge on any atom is 0.341 e. The Balaban J connectivity index is 2.99. The first-order chi connectivity index (χ1) is 6.46. The molecule has 5 nitrogen and oxygen atoms in total. The van der Waals surface area contributed by atoms with E-state index in [-0.39, 0.29) is 17.9 Å². The Morgan fingerprint density at radius 2 is 2.50 bits per heavy atom. The number of nitrogens with zero attached hydrogens (tertiary/aromatic N) is 1. The van der Waals surface area contributed by atoms with E-state index in [4.69, 9.17) is 4.74 Å². The minimum Gasteiger partial charge on any atom is -0.462 e. The minimum absolute atomic E-state index is 0.201. The zero-order valence-electron chi connectivity index (χ0n) is 7.94. The summed E-state index contributed by atoms with van der Waals surface area (Å²) in [4.78, 5) is 9.91. The van der Waals surface area contributed by atoms with E-state index in [1.165, 1.54) is 13.1 Å². The molecule has 1 aromatic rings. The van der Waals surface area contributed by atoms with E-state index in [1.807, 2.05) is 0 Å². The van der Waals surface area contributed by atoms with Crippen LogP contribution in [-0.4, -0.2) is 27.9 Å². The molecule has 0 aromatic carbocycles. The Labute approximate surface area is 86.9 Å². The summed E-state index contributed by atoms with van der Waals surface area (Å²) in [7, 11) is 0. The van der Waals surface area contributed by atoms with Gasteiger partial charge in [0.15, 0.2) is 0 Å². The van der Waals surface area contributed by atoms with E-state index in [2.05, 4.69) is 22.8 Å². The van der Waals surface area contributed by atoms with Gasteiger partial charge in [0.2, 0.25) is 0 Å². The first kappa shape index (κ1) is 11.1. The van der Waals surface area contributed by atoms with Gasteiger partial charge in [-0.1, -0.05) is 0 Å². The SMILES string of the molecule is CCOC(=O)c1cn[nH]c1C(C)(O)S. The van der Waals surface area contributed by atoms with Crippen molar-refractivity contribution in [1.82, 2.24) is 10.2 Å². The van der Waals surface area contributed by atoms with Crippen molar-refractivity contribution in [2.75, 3.05) is 6.61 Å². The van der Waals surface area contributed by atoms with E-state index >= 15 is 0 Å². The molecule has 6 heteroatoms. The number of aromatic amines is 1. The molecule has 1 rings (SSSR count). The second kappa shape index (κ2) is 4.02. The van der Waals surface area contributed by atoms with Crippen molar-refractivity contribution in [3.05, 3.63) is 17.5 Å². The summed E-state index contributed by atoms with van der Waals surface area (Å²) in [5, 5.41) is 15.7. The lowest BCUT2D eigenvalue weighted by molar-refractivity contribution is 0.0517. The number of ether oxygens (including phenoxy) is 1. The van der Waals surface area contributed by atoms with Crippen LogP contribution in [0.25, 0.3) is 0 Å². The van der Waals surface area contributed by atoms with Crippen LogP contribution < -0.4 is 0 Å². The normalized spacial score (nSPS) is 14.9. The highest BCUT2D eigenvalue weighted by Crippen LogP contribution is 2.25. The third kappa shape index (κ3) is 2.27. The van der Waals surface area contributed by atoms with Gasteiger partial charge in [-0.05, 0) is 13.8 Å². The number of H-pyrrole nitrogens is 1. The highest BCUT2D eigenvalue weighted by atomic mass is 32.1. The number of carbonyl (C=O) groups excluding carboxylic acids is 1. The molecular weight excluding hydrogens is 204 g/mol. The van der Waals surface area contributed by atoms with E-state index in [9.17, 15) is 9.90 Å². The van der Waals surface area contributed by atoms with Gasteiger partial charge in [-0.15, -0.1) is 12.6 Å². The van der Waals surface area contributed by atoms with Crippen LogP contribution >= 0.6 is 12.6 Å². The highest BCUT2D eigenvalue weighted by molar-refractivity contribution is 7.81. The highest BCUT2D eigenvalue weighted by Gasteiger charge is 2.27. The van der Waals surface area contributed by atoms with Crippen LogP contribution in [-0.2, 0) is 9.67 Å².